The van der Waals surface area contributed by atoms with Gasteiger partial charge in [0.2, 0.25) is 0 Å². The summed E-state index contributed by atoms with van der Waals surface area (Å²) in [6.45, 7) is 4.16. The molecule has 152 valence electrons. The molecule has 1 amide bonds. The van der Waals surface area contributed by atoms with Gasteiger partial charge in [-0.15, -0.1) is 22.7 Å². The first kappa shape index (κ1) is 19.5. The van der Waals surface area contributed by atoms with E-state index in [0.717, 1.165) is 31.6 Å². The molecule has 9 heteroatoms. The first-order valence-corrected chi connectivity index (χ1v) is 12.1. The molecule has 0 N–H and O–H groups in total. The number of furan rings is 1. The average Bonchev–Trinajstić information content (AvgIpc) is 3.53. The summed E-state index contributed by atoms with van der Waals surface area (Å²) < 4.78 is 5.61. The lowest BCUT2D eigenvalue weighted by Gasteiger charge is -2.19. The molecule has 0 aromatic carbocycles. The molecule has 6 nitrogen and oxygen atoms in total. The van der Waals surface area contributed by atoms with Crippen LogP contribution in [0.15, 0.2) is 56.8 Å². The third-order valence-electron chi connectivity index (χ3n) is 5.11. The minimum absolute atomic E-state index is 0.0654. The maximum absolute atomic E-state index is 13.2. The van der Waals surface area contributed by atoms with Crippen LogP contribution in [-0.4, -0.2) is 32.3 Å². The van der Waals surface area contributed by atoms with Crippen molar-refractivity contribution in [3.8, 4) is 0 Å². The van der Waals surface area contributed by atoms with E-state index in [4.69, 9.17) is 4.42 Å². The van der Waals surface area contributed by atoms with Crippen LogP contribution >= 0.6 is 34.4 Å². The lowest BCUT2D eigenvalue weighted by molar-refractivity contribution is -0.130. The number of aromatic nitrogens is 2. The Morgan fingerprint density at radius 1 is 1.30 bits per heavy atom. The van der Waals surface area contributed by atoms with Crippen LogP contribution in [-0.2, 0) is 4.79 Å². The number of hydrazone groups is 1. The molecule has 5 rings (SSSR count). The van der Waals surface area contributed by atoms with E-state index >= 15 is 0 Å². The van der Waals surface area contributed by atoms with Crippen molar-refractivity contribution < 1.29 is 9.21 Å². The number of thioether (sulfide) groups is 1. The SMILES string of the molecule is Cc1sc2ncnc(SCC(=O)N3N=C(c4cccs4)CC3c3ccco3)c2c1C. The highest BCUT2D eigenvalue weighted by atomic mass is 32.2. The lowest BCUT2D eigenvalue weighted by Crippen LogP contribution is -2.28. The largest absolute Gasteiger partial charge is 0.467 e. The van der Waals surface area contributed by atoms with Crippen LogP contribution in [0.2, 0.25) is 0 Å². The molecule has 0 aliphatic carbocycles. The molecule has 1 atom stereocenters. The Hall–Kier alpha value is -2.49. The molecule has 1 aliphatic rings. The molecule has 5 heterocycles. The standard InChI is InChI=1S/C21H18N4O2S3/c1-12-13(2)30-21-19(12)20(22-11-23-21)29-10-18(26)25-15(16-5-3-7-27-16)9-14(24-25)17-6-4-8-28-17/h3-8,11,15H,9-10H2,1-2H3. The monoisotopic (exact) mass is 454 g/mol. The molecule has 30 heavy (non-hydrogen) atoms. The van der Waals surface area contributed by atoms with Crippen molar-refractivity contribution in [1.29, 1.82) is 0 Å². The molecule has 1 unspecified atom stereocenters. The fourth-order valence-corrected chi connectivity index (χ4v) is 6.18. The highest BCUT2D eigenvalue weighted by Crippen LogP contribution is 2.37. The van der Waals surface area contributed by atoms with Gasteiger partial charge in [0.15, 0.2) is 0 Å². The van der Waals surface area contributed by atoms with E-state index in [1.807, 2.05) is 29.6 Å². The molecule has 0 saturated heterocycles. The summed E-state index contributed by atoms with van der Waals surface area (Å²) >= 11 is 4.72. The van der Waals surface area contributed by atoms with Crippen LogP contribution in [0.4, 0.5) is 0 Å². The van der Waals surface area contributed by atoms with Crippen LogP contribution in [0, 0.1) is 13.8 Å². The van der Waals surface area contributed by atoms with Crippen LogP contribution < -0.4 is 0 Å². The molecule has 4 aromatic rings. The number of hydrogen-bond donors (Lipinski definition) is 0. The summed E-state index contributed by atoms with van der Waals surface area (Å²) in [5, 5.41) is 10.1. The van der Waals surface area contributed by atoms with Gasteiger partial charge in [-0.25, -0.2) is 15.0 Å². The highest BCUT2D eigenvalue weighted by molar-refractivity contribution is 8.00. The molecule has 1 aliphatic heterocycles. The van der Waals surface area contributed by atoms with Gasteiger partial charge in [-0.3, -0.25) is 4.79 Å². The van der Waals surface area contributed by atoms with Crippen molar-refractivity contribution in [2.75, 3.05) is 5.75 Å². The second kappa shape index (κ2) is 7.98. The molecule has 4 aromatic heterocycles. The van der Waals surface area contributed by atoms with Crippen molar-refractivity contribution in [2.24, 2.45) is 5.10 Å². The maximum atomic E-state index is 13.2. The van der Waals surface area contributed by atoms with Gasteiger partial charge in [-0.1, -0.05) is 17.8 Å². The van der Waals surface area contributed by atoms with Gasteiger partial charge in [0.05, 0.1) is 22.6 Å². The Morgan fingerprint density at radius 3 is 2.97 bits per heavy atom. The lowest BCUT2D eigenvalue weighted by atomic mass is 10.1. The normalized spacial score (nSPS) is 16.4. The zero-order valence-electron chi connectivity index (χ0n) is 16.4. The van der Waals surface area contributed by atoms with Crippen LogP contribution in [0.5, 0.6) is 0 Å². The second-order valence-electron chi connectivity index (χ2n) is 6.93. The van der Waals surface area contributed by atoms with Crippen molar-refractivity contribution in [3.63, 3.8) is 0 Å². The number of carbonyl (C=O) groups excluding carboxylic acids is 1. The topological polar surface area (TPSA) is 71.6 Å². The average molecular weight is 455 g/mol. The van der Waals surface area contributed by atoms with E-state index < -0.39 is 0 Å². The Kier molecular flexibility index (Phi) is 5.18. The zero-order valence-corrected chi connectivity index (χ0v) is 18.8. The Labute approximate surface area is 185 Å². The maximum Gasteiger partial charge on any atom is 0.253 e. The van der Waals surface area contributed by atoms with Gasteiger partial charge < -0.3 is 4.42 Å². The molecule has 0 bridgehead atoms. The predicted octanol–water partition coefficient (Wildman–Crippen LogP) is 5.43. The van der Waals surface area contributed by atoms with Gasteiger partial charge in [-0.2, -0.15) is 5.10 Å². The Balaban J connectivity index is 1.40. The van der Waals surface area contributed by atoms with E-state index in [0.29, 0.717) is 6.42 Å². The van der Waals surface area contributed by atoms with Crippen LogP contribution in [0.25, 0.3) is 10.2 Å². The number of rotatable bonds is 5. The number of hydrogen-bond acceptors (Lipinski definition) is 8. The number of fused-ring (bicyclic) bond motifs is 1. The molecular weight excluding hydrogens is 436 g/mol. The molecule has 0 fully saturated rings. The number of amides is 1. The van der Waals surface area contributed by atoms with Gasteiger partial charge in [-0.05, 0) is 43.0 Å². The van der Waals surface area contributed by atoms with E-state index in [1.54, 1.807) is 40.3 Å². The summed E-state index contributed by atoms with van der Waals surface area (Å²) in [4.78, 5) is 25.3. The summed E-state index contributed by atoms with van der Waals surface area (Å²) in [6, 6.07) is 7.55. The van der Waals surface area contributed by atoms with Crippen molar-refractivity contribution >= 4 is 56.3 Å². The zero-order chi connectivity index (χ0) is 20.7. The smallest absolute Gasteiger partial charge is 0.253 e. The minimum Gasteiger partial charge on any atom is -0.467 e. The fourth-order valence-electron chi connectivity index (χ4n) is 3.49. The fraction of sp³-hybridized carbons (Fsp3) is 0.238. The van der Waals surface area contributed by atoms with Gasteiger partial charge in [0.1, 0.15) is 28.0 Å². The van der Waals surface area contributed by atoms with Crippen LogP contribution in [0.1, 0.15) is 33.5 Å². The number of nitrogens with zero attached hydrogens (tertiary/aromatic N) is 4. The van der Waals surface area contributed by atoms with E-state index in [1.165, 1.54) is 22.2 Å². The predicted molar refractivity (Wildman–Crippen MR) is 121 cm³/mol. The first-order chi connectivity index (χ1) is 14.6. The van der Waals surface area contributed by atoms with E-state index in [9.17, 15) is 4.79 Å². The van der Waals surface area contributed by atoms with E-state index in [2.05, 4.69) is 28.9 Å². The Bertz CT molecular complexity index is 1230. The van der Waals surface area contributed by atoms with Gasteiger partial charge >= 0.3 is 0 Å². The molecule has 0 radical (unpaired) electrons. The number of thiophene rings is 2. The molecular formula is C21H18N4O2S3. The number of carbonyl (C=O) groups is 1. The van der Waals surface area contributed by atoms with Crippen molar-refractivity contribution in [3.05, 3.63) is 63.3 Å². The quantitative estimate of drug-likeness (QED) is 0.297. The number of aryl methyl sites for hydroxylation is 2. The molecule has 0 spiro atoms. The van der Waals surface area contributed by atoms with Crippen LogP contribution in [0.3, 0.4) is 0 Å². The molecule has 0 saturated carbocycles. The summed E-state index contributed by atoms with van der Waals surface area (Å²) in [5.74, 6) is 0.931. The Morgan fingerprint density at radius 2 is 2.20 bits per heavy atom. The third kappa shape index (κ3) is 3.46. The van der Waals surface area contributed by atoms with Crippen molar-refractivity contribution in [1.82, 2.24) is 15.0 Å². The third-order valence-corrected chi connectivity index (χ3v) is 8.11. The highest BCUT2D eigenvalue weighted by Gasteiger charge is 2.35. The van der Waals surface area contributed by atoms with Gasteiger partial charge in [0, 0.05) is 16.7 Å². The van der Waals surface area contributed by atoms with Crippen molar-refractivity contribution in [2.45, 2.75) is 31.3 Å². The summed E-state index contributed by atoms with van der Waals surface area (Å²) in [5.41, 5.74) is 2.09. The minimum atomic E-state index is -0.222. The van der Waals surface area contributed by atoms with Gasteiger partial charge in [0.25, 0.3) is 5.91 Å². The van der Waals surface area contributed by atoms with E-state index in [-0.39, 0.29) is 17.7 Å². The summed E-state index contributed by atoms with van der Waals surface area (Å²) in [6.07, 6.45) is 3.85. The first-order valence-electron chi connectivity index (χ1n) is 9.42. The second-order valence-corrected chi connectivity index (χ2v) is 10.0. The summed E-state index contributed by atoms with van der Waals surface area (Å²) in [7, 11) is 0.